The van der Waals surface area contributed by atoms with Crippen molar-refractivity contribution in [3.63, 3.8) is 0 Å². The van der Waals surface area contributed by atoms with Crippen LogP contribution in [0.25, 0.3) is 11.1 Å². The Morgan fingerprint density at radius 2 is 1.92 bits per heavy atom. The lowest BCUT2D eigenvalue weighted by Crippen LogP contribution is -2.37. The van der Waals surface area contributed by atoms with Gasteiger partial charge in [0, 0.05) is 12.1 Å². The standard InChI is InChI=1S/C21H24N2O2S/c1-3-23(4-2)19(17-11-13-26-15-17)14-22-21(24)20-18(10-12-25-20)16-8-6-5-7-9-16/h5-13,15,19H,3-4,14H2,1-2H3,(H,22,24). The molecule has 1 atom stereocenters. The van der Waals surface area contributed by atoms with Crippen molar-refractivity contribution < 1.29 is 9.21 Å². The predicted octanol–water partition coefficient (Wildman–Crippen LogP) is 4.82. The topological polar surface area (TPSA) is 45.5 Å². The van der Waals surface area contributed by atoms with Crippen LogP contribution >= 0.6 is 11.3 Å². The van der Waals surface area contributed by atoms with Gasteiger partial charge in [-0.15, -0.1) is 0 Å². The van der Waals surface area contributed by atoms with Gasteiger partial charge in [0.25, 0.3) is 5.91 Å². The first-order chi connectivity index (χ1) is 12.7. The Labute approximate surface area is 158 Å². The third-order valence-corrected chi connectivity index (χ3v) is 5.29. The largest absolute Gasteiger partial charge is 0.459 e. The number of hydrogen-bond donors (Lipinski definition) is 1. The minimum atomic E-state index is -0.179. The van der Waals surface area contributed by atoms with Crippen LogP contribution in [0, 0.1) is 0 Å². The van der Waals surface area contributed by atoms with Gasteiger partial charge in [-0.05, 0) is 47.1 Å². The zero-order chi connectivity index (χ0) is 18.4. The number of likely N-dealkylation sites (N-methyl/N-ethyl adjacent to an activating group) is 1. The van der Waals surface area contributed by atoms with Gasteiger partial charge in [-0.2, -0.15) is 11.3 Å². The van der Waals surface area contributed by atoms with E-state index in [0.717, 1.165) is 24.2 Å². The van der Waals surface area contributed by atoms with Gasteiger partial charge in [0.2, 0.25) is 0 Å². The fourth-order valence-electron chi connectivity index (χ4n) is 3.19. The highest BCUT2D eigenvalue weighted by Gasteiger charge is 2.22. The summed E-state index contributed by atoms with van der Waals surface area (Å²) in [7, 11) is 0. The second-order valence-electron chi connectivity index (χ2n) is 6.03. The lowest BCUT2D eigenvalue weighted by molar-refractivity contribution is 0.0908. The number of amides is 1. The van der Waals surface area contributed by atoms with E-state index in [2.05, 4.69) is 40.9 Å². The fourth-order valence-corrected chi connectivity index (χ4v) is 3.89. The van der Waals surface area contributed by atoms with Crippen molar-refractivity contribution >= 4 is 17.2 Å². The average molecular weight is 369 g/mol. The Hall–Kier alpha value is -2.37. The number of benzene rings is 1. The molecule has 0 aliphatic rings. The van der Waals surface area contributed by atoms with Crippen LogP contribution in [0.3, 0.4) is 0 Å². The quantitative estimate of drug-likeness (QED) is 0.620. The van der Waals surface area contributed by atoms with E-state index >= 15 is 0 Å². The molecule has 1 unspecified atom stereocenters. The van der Waals surface area contributed by atoms with Crippen molar-refractivity contribution in [3.8, 4) is 11.1 Å². The van der Waals surface area contributed by atoms with E-state index in [0.29, 0.717) is 12.3 Å². The van der Waals surface area contributed by atoms with Crippen molar-refractivity contribution in [2.45, 2.75) is 19.9 Å². The Balaban J connectivity index is 1.75. The second-order valence-corrected chi connectivity index (χ2v) is 6.81. The summed E-state index contributed by atoms with van der Waals surface area (Å²) in [4.78, 5) is 15.1. The van der Waals surface area contributed by atoms with Gasteiger partial charge in [-0.25, -0.2) is 0 Å². The van der Waals surface area contributed by atoms with Crippen LogP contribution < -0.4 is 5.32 Å². The molecule has 0 bridgehead atoms. The molecule has 3 rings (SSSR count). The number of nitrogens with zero attached hydrogens (tertiary/aromatic N) is 1. The summed E-state index contributed by atoms with van der Waals surface area (Å²) in [5.41, 5.74) is 3.03. The molecule has 0 spiro atoms. The van der Waals surface area contributed by atoms with Gasteiger partial charge in [0.15, 0.2) is 5.76 Å². The van der Waals surface area contributed by atoms with Crippen LogP contribution in [0.5, 0.6) is 0 Å². The maximum atomic E-state index is 12.8. The number of hydrogen-bond acceptors (Lipinski definition) is 4. The highest BCUT2D eigenvalue weighted by atomic mass is 32.1. The lowest BCUT2D eigenvalue weighted by atomic mass is 10.1. The van der Waals surface area contributed by atoms with Crippen molar-refractivity contribution in [1.82, 2.24) is 10.2 Å². The molecule has 0 aliphatic carbocycles. The van der Waals surface area contributed by atoms with E-state index in [4.69, 9.17) is 4.42 Å². The zero-order valence-electron chi connectivity index (χ0n) is 15.1. The second kappa shape index (κ2) is 8.83. The SMILES string of the molecule is CCN(CC)C(CNC(=O)c1occc1-c1ccccc1)c1ccsc1. The fraction of sp³-hybridized carbons (Fsp3) is 0.286. The third-order valence-electron chi connectivity index (χ3n) is 4.59. The molecular formula is C21H24N2O2S. The molecule has 3 aromatic rings. The Morgan fingerprint density at radius 1 is 1.15 bits per heavy atom. The number of carbonyl (C=O) groups is 1. The molecule has 2 heterocycles. The molecule has 136 valence electrons. The molecule has 1 N–H and O–H groups in total. The van der Waals surface area contributed by atoms with E-state index in [1.807, 2.05) is 36.4 Å². The minimum Gasteiger partial charge on any atom is -0.459 e. The average Bonchev–Trinajstić information content (AvgIpc) is 3.37. The monoisotopic (exact) mass is 368 g/mol. The summed E-state index contributed by atoms with van der Waals surface area (Å²) in [6.45, 7) is 6.70. The molecule has 0 saturated carbocycles. The lowest BCUT2D eigenvalue weighted by Gasteiger charge is -2.29. The first-order valence-corrected chi connectivity index (χ1v) is 9.86. The third kappa shape index (κ3) is 4.06. The van der Waals surface area contributed by atoms with Gasteiger partial charge in [-0.3, -0.25) is 9.69 Å². The van der Waals surface area contributed by atoms with Crippen molar-refractivity contribution in [3.05, 3.63) is 70.8 Å². The zero-order valence-corrected chi connectivity index (χ0v) is 16.0. The highest BCUT2D eigenvalue weighted by molar-refractivity contribution is 7.07. The van der Waals surface area contributed by atoms with Gasteiger partial charge >= 0.3 is 0 Å². The molecule has 2 aromatic heterocycles. The molecule has 26 heavy (non-hydrogen) atoms. The maximum absolute atomic E-state index is 12.8. The maximum Gasteiger partial charge on any atom is 0.287 e. The molecule has 1 amide bonds. The first-order valence-electron chi connectivity index (χ1n) is 8.91. The summed E-state index contributed by atoms with van der Waals surface area (Å²) in [6.07, 6.45) is 1.57. The molecule has 0 saturated heterocycles. The van der Waals surface area contributed by atoms with Crippen LogP contribution in [0.15, 0.2) is 63.9 Å². The van der Waals surface area contributed by atoms with E-state index in [-0.39, 0.29) is 11.9 Å². The van der Waals surface area contributed by atoms with Crippen LogP contribution in [0.1, 0.15) is 36.0 Å². The van der Waals surface area contributed by atoms with Crippen LogP contribution in [0.4, 0.5) is 0 Å². The van der Waals surface area contributed by atoms with E-state index in [1.54, 1.807) is 17.6 Å². The summed E-state index contributed by atoms with van der Waals surface area (Å²) in [5.74, 6) is 0.182. The Morgan fingerprint density at radius 3 is 2.58 bits per heavy atom. The van der Waals surface area contributed by atoms with Gasteiger partial charge in [0.05, 0.1) is 12.3 Å². The first kappa shape index (κ1) is 18.4. The summed E-state index contributed by atoms with van der Waals surface area (Å²) >= 11 is 1.68. The smallest absolute Gasteiger partial charge is 0.287 e. The highest BCUT2D eigenvalue weighted by Crippen LogP contribution is 2.26. The molecule has 1 aromatic carbocycles. The Bertz CT molecular complexity index is 808. The molecule has 5 heteroatoms. The molecule has 0 aliphatic heterocycles. The summed E-state index contributed by atoms with van der Waals surface area (Å²) < 4.78 is 5.49. The van der Waals surface area contributed by atoms with E-state index < -0.39 is 0 Å². The van der Waals surface area contributed by atoms with Gasteiger partial charge in [0.1, 0.15) is 0 Å². The normalized spacial score (nSPS) is 12.3. The van der Waals surface area contributed by atoms with Gasteiger partial charge < -0.3 is 9.73 Å². The van der Waals surface area contributed by atoms with Crippen LogP contribution in [0.2, 0.25) is 0 Å². The minimum absolute atomic E-state index is 0.162. The molecule has 4 nitrogen and oxygen atoms in total. The molecule has 0 fully saturated rings. The number of furan rings is 1. The molecular weight excluding hydrogens is 344 g/mol. The summed E-state index contributed by atoms with van der Waals surface area (Å²) in [5, 5.41) is 7.29. The van der Waals surface area contributed by atoms with Crippen LogP contribution in [-0.2, 0) is 0 Å². The van der Waals surface area contributed by atoms with Crippen LogP contribution in [-0.4, -0.2) is 30.4 Å². The number of thiophene rings is 1. The molecule has 0 radical (unpaired) electrons. The number of rotatable bonds is 8. The van der Waals surface area contributed by atoms with Crippen molar-refractivity contribution in [2.24, 2.45) is 0 Å². The number of carbonyl (C=O) groups excluding carboxylic acids is 1. The summed E-state index contributed by atoms with van der Waals surface area (Å²) in [6, 6.07) is 14.0. The van der Waals surface area contributed by atoms with Gasteiger partial charge in [-0.1, -0.05) is 44.2 Å². The van der Waals surface area contributed by atoms with E-state index in [1.165, 1.54) is 5.56 Å². The predicted molar refractivity (Wildman–Crippen MR) is 106 cm³/mol. The number of nitrogens with one attached hydrogen (secondary N) is 1. The van der Waals surface area contributed by atoms with Crippen molar-refractivity contribution in [1.29, 1.82) is 0 Å². The van der Waals surface area contributed by atoms with Crippen molar-refractivity contribution in [2.75, 3.05) is 19.6 Å². The Kier molecular flexibility index (Phi) is 6.26. The van der Waals surface area contributed by atoms with E-state index in [9.17, 15) is 4.79 Å².